The van der Waals surface area contributed by atoms with E-state index in [4.69, 9.17) is 0 Å². The lowest BCUT2D eigenvalue weighted by atomic mass is 9.94. The van der Waals surface area contributed by atoms with Crippen LogP contribution in [0.1, 0.15) is 51.0 Å². The zero-order valence-electron chi connectivity index (χ0n) is 23.9. The maximum atomic E-state index is 13.2. The Hall–Kier alpha value is -2.73. The number of hydrogen-bond acceptors (Lipinski definition) is 7. The third-order valence-corrected chi connectivity index (χ3v) is 9.99. The molecule has 216 valence electrons. The predicted molar refractivity (Wildman–Crippen MR) is 160 cm³/mol. The van der Waals surface area contributed by atoms with Gasteiger partial charge in [-0.2, -0.15) is 4.31 Å². The third kappa shape index (κ3) is 7.31. The minimum atomic E-state index is -3.57. The Morgan fingerprint density at radius 3 is 2.30 bits per heavy atom. The number of amides is 1. The van der Waals surface area contributed by atoms with Gasteiger partial charge in [-0.05, 0) is 68.6 Å². The number of nitrogens with one attached hydrogen (secondary N) is 1. The molecule has 40 heavy (non-hydrogen) atoms. The highest BCUT2D eigenvalue weighted by molar-refractivity contribution is 7.99. The maximum Gasteiger partial charge on any atom is 0.243 e. The van der Waals surface area contributed by atoms with Crippen LogP contribution in [0.25, 0.3) is 0 Å². The molecule has 2 aromatic carbocycles. The van der Waals surface area contributed by atoms with Gasteiger partial charge in [0.25, 0.3) is 0 Å². The lowest BCUT2D eigenvalue weighted by molar-refractivity contribution is -0.113. The van der Waals surface area contributed by atoms with Crippen LogP contribution in [0.3, 0.4) is 0 Å². The molecule has 9 nitrogen and oxygen atoms in total. The summed E-state index contributed by atoms with van der Waals surface area (Å²) in [4.78, 5) is 15.2. The van der Waals surface area contributed by atoms with Crippen LogP contribution in [0.5, 0.6) is 0 Å². The summed E-state index contributed by atoms with van der Waals surface area (Å²) >= 11 is 1.34. The molecule has 0 radical (unpaired) electrons. The monoisotopic (exact) mass is 584 g/mol. The van der Waals surface area contributed by atoms with Crippen molar-refractivity contribution >= 4 is 33.4 Å². The van der Waals surface area contributed by atoms with Gasteiger partial charge in [0.05, 0.1) is 23.2 Å². The molecule has 4 rings (SSSR count). The minimum Gasteiger partial charge on any atom is -0.325 e. The molecule has 0 aliphatic carbocycles. The summed E-state index contributed by atoms with van der Waals surface area (Å²) in [6, 6.07) is 16.7. The van der Waals surface area contributed by atoms with Crippen molar-refractivity contribution in [2.75, 3.05) is 38.3 Å². The van der Waals surface area contributed by atoms with Gasteiger partial charge in [0.15, 0.2) is 11.0 Å². The number of sulfonamides is 1. The van der Waals surface area contributed by atoms with Crippen LogP contribution in [0.2, 0.25) is 0 Å². The summed E-state index contributed by atoms with van der Waals surface area (Å²) in [5, 5.41) is 12.5. The summed E-state index contributed by atoms with van der Waals surface area (Å²) in [7, 11) is 0.488. The number of aromatic nitrogens is 3. The number of anilines is 1. The largest absolute Gasteiger partial charge is 0.325 e. The number of thioether (sulfide) groups is 1. The first-order valence-electron chi connectivity index (χ1n) is 13.7. The van der Waals surface area contributed by atoms with Gasteiger partial charge in [-0.3, -0.25) is 9.69 Å². The molecule has 0 saturated carbocycles. The van der Waals surface area contributed by atoms with Crippen molar-refractivity contribution in [3.05, 3.63) is 66.0 Å². The first-order valence-corrected chi connectivity index (χ1v) is 16.2. The van der Waals surface area contributed by atoms with Gasteiger partial charge in [0, 0.05) is 18.8 Å². The van der Waals surface area contributed by atoms with E-state index in [0.717, 1.165) is 24.2 Å². The topological polar surface area (TPSA) is 100 Å². The fourth-order valence-electron chi connectivity index (χ4n) is 5.34. The van der Waals surface area contributed by atoms with Crippen molar-refractivity contribution in [1.82, 2.24) is 24.0 Å². The van der Waals surface area contributed by atoms with Crippen LogP contribution in [0.15, 0.2) is 64.6 Å². The van der Waals surface area contributed by atoms with Gasteiger partial charge in [-0.25, -0.2) is 8.42 Å². The molecule has 1 aliphatic rings. The number of carbonyl (C=O) groups is 1. The molecule has 1 amide bonds. The van der Waals surface area contributed by atoms with Gasteiger partial charge in [0.1, 0.15) is 0 Å². The summed E-state index contributed by atoms with van der Waals surface area (Å²) in [6.07, 6.45) is 1.92. The van der Waals surface area contributed by atoms with E-state index in [1.807, 2.05) is 32.3 Å². The van der Waals surface area contributed by atoms with E-state index >= 15 is 0 Å². The Balaban J connectivity index is 1.42. The summed E-state index contributed by atoms with van der Waals surface area (Å²) in [5.41, 5.74) is 1.68. The first-order chi connectivity index (χ1) is 19.1. The second-order valence-electron chi connectivity index (χ2n) is 10.9. The molecule has 1 N–H and O–H groups in total. The van der Waals surface area contributed by atoms with Gasteiger partial charge < -0.3 is 9.88 Å². The van der Waals surface area contributed by atoms with Crippen LogP contribution in [-0.4, -0.2) is 71.2 Å². The number of piperidine rings is 1. The molecule has 2 heterocycles. The van der Waals surface area contributed by atoms with E-state index in [-0.39, 0.29) is 22.6 Å². The van der Waals surface area contributed by atoms with E-state index in [9.17, 15) is 13.2 Å². The average molecular weight is 585 g/mol. The SMILES string of the molecule is CC[C@H](c1nnc(SCC(=O)Nc2ccc(S(=O)(=O)N3C[C@H](C)C[C@@H](C)C3)cc2)n1Cc1ccccc1)N(C)C. The quantitative estimate of drug-likeness (QED) is 0.325. The molecule has 0 unspecified atom stereocenters. The Morgan fingerprint density at radius 2 is 1.70 bits per heavy atom. The van der Waals surface area contributed by atoms with Gasteiger partial charge in [-0.15, -0.1) is 10.2 Å². The molecule has 3 aromatic rings. The number of carbonyl (C=O) groups excluding carboxylic acids is 1. The zero-order valence-corrected chi connectivity index (χ0v) is 25.6. The smallest absolute Gasteiger partial charge is 0.243 e. The molecule has 0 spiro atoms. The molecule has 0 bridgehead atoms. The average Bonchev–Trinajstić information content (AvgIpc) is 3.29. The van der Waals surface area contributed by atoms with Gasteiger partial charge in [-0.1, -0.05) is 62.9 Å². The van der Waals surface area contributed by atoms with Crippen molar-refractivity contribution in [1.29, 1.82) is 0 Å². The van der Waals surface area contributed by atoms with Crippen LogP contribution in [0, 0.1) is 11.8 Å². The molecular formula is C29H40N6O3S2. The maximum absolute atomic E-state index is 13.2. The standard InChI is InChI=1S/C29H40N6O3S2/c1-6-26(33(4)5)28-31-32-29(35(28)19-23-10-8-7-9-11-23)39-20-27(36)30-24-12-14-25(15-13-24)40(37,38)34-17-21(2)16-22(3)18-34/h7-15,21-22,26H,6,16-20H2,1-5H3,(H,30,36)/t21-,22-,26-/m1/s1. The second kappa shape index (κ2) is 13.3. The fraction of sp³-hybridized carbons (Fsp3) is 0.483. The highest BCUT2D eigenvalue weighted by Crippen LogP contribution is 2.28. The van der Waals surface area contributed by atoms with Crippen molar-refractivity contribution in [3.8, 4) is 0 Å². The Bertz CT molecular complexity index is 1370. The molecule has 1 aliphatic heterocycles. The van der Waals surface area contributed by atoms with Crippen molar-refractivity contribution in [2.24, 2.45) is 11.8 Å². The number of rotatable bonds is 11. The molecule has 1 fully saturated rings. The van der Waals surface area contributed by atoms with Crippen molar-refractivity contribution in [3.63, 3.8) is 0 Å². The predicted octanol–water partition coefficient (Wildman–Crippen LogP) is 4.74. The number of hydrogen-bond donors (Lipinski definition) is 1. The van der Waals surface area contributed by atoms with Crippen molar-refractivity contribution < 1.29 is 13.2 Å². The highest BCUT2D eigenvalue weighted by Gasteiger charge is 2.31. The minimum absolute atomic E-state index is 0.102. The van der Waals surface area contributed by atoms with E-state index in [2.05, 4.69) is 57.9 Å². The summed E-state index contributed by atoms with van der Waals surface area (Å²) in [5.74, 6) is 1.48. The van der Waals surface area contributed by atoms with Crippen LogP contribution in [0.4, 0.5) is 5.69 Å². The molecular weight excluding hydrogens is 544 g/mol. The molecule has 1 saturated heterocycles. The van der Waals surface area contributed by atoms with Crippen LogP contribution in [-0.2, 0) is 21.4 Å². The van der Waals surface area contributed by atoms with Gasteiger partial charge >= 0.3 is 0 Å². The summed E-state index contributed by atoms with van der Waals surface area (Å²) in [6.45, 7) is 7.98. The Morgan fingerprint density at radius 1 is 1.05 bits per heavy atom. The molecule has 11 heteroatoms. The zero-order chi connectivity index (χ0) is 28.9. The second-order valence-corrected chi connectivity index (χ2v) is 13.8. The van der Waals surface area contributed by atoms with Crippen molar-refractivity contribution in [2.45, 2.75) is 56.3 Å². The van der Waals surface area contributed by atoms with Crippen LogP contribution < -0.4 is 5.32 Å². The van der Waals surface area contributed by atoms with E-state index in [1.165, 1.54) is 11.8 Å². The Labute approximate surface area is 242 Å². The first kappa shape index (κ1) is 30.2. The van der Waals surface area contributed by atoms with Gasteiger partial charge in [0.2, 0.25) is 15.9 Å². The van der Waals surface area contributed by atoms with E-state index < -0.39 is 10.0 Å². The number of benzene rings is 2. The number of nitrogens with zero attached hydrogens (tertiary/aromatic N) is 5. The summed E-state index contributed by atoms with van der Waals surface area (Å²) < 4.78 is 30.0. The lowest BCUT2D eigenvalue weighted by Gasteiger charge is -2.34. The highest BCUT2D eigenvalue weighted by atomic mass is 32.2. The Kier molecular flexibility index (Phi) is 10.0. The lowest BCUT2D eigenvalue weighted by Crippen LogP contribution is -2.42. The van der Waals surface area contributed by atoms with Crippen LogP contribution >= 0.6 is 11.8 Å². The molecule has 1 aromatic heterocycles. The van der Waals surface area contributed by atoms with E-state index in [1.54, 1.807) is 28.6 Å². The normalized spacial score (nSPS) is 19.1. The third-order valence-electron chi connectivity index (χ3n) is 7.18. The fourth-order valence-corrected chi connectivity index (χ4v) is 7.76. The molecule has 3 atom stereocenters. The van der Waals surface area contributed by atoms with E-state index in [0.29, 0.717) is 42.3 Å².